The molecule has 3 nitrogen and oxygen atoms in total. The van der Waals surface area contributed by atoms with Gasteiger partial charge in [-0.1, -0.05) is 35.9 Å². The molecular formula is C20H22N2O. The third-order valence-corrected chi connectivity index (χ3v) is 6.10. The summed E-state index contributed by atoms with van der Waals surface area (Å²) in [7, 11) is 0. The lowest BCUT2D eigenvalue weighted by molar-refractivity contribution is 0.0492. The molecular weight excluding hydrogens is 284 g/mol. The average Bonchev–Trinajstić information content (AvgIpc) is 3.01. The Morgan fingerprint density at radius 3 is 3.00 bits per heavy atom. The zero-order valence-electron chi connectivity index (χ0n) is 13.2. The van der Waals surface area contributed by atoms with Crippen molar-refractivity contribution in [2.75, 3.05) is 0 Å². The number of nitrogens with zero attached hydrogens (tertiary/aromatic N) is 2. The van der Waals surface area contributed by atoms with Crippen molar-refractivity contribution < 1.29 is 5.11 Å². The van der Waals surface area contributed by atoms with Crippen LogP contribution in [0.2, 0.25) is 0 Å². The molecule has 2 aromatic rings. The van der Waals surface area contributed by atoms with E-state index in [4.69, 9.17) is 0 Å². The number of allylic oxidation sites excluding steroid dienone is 1. The van der Waals surface area contributed by atoms with Crippen molar-refractivity contribution >= 4 is 0 Å². The van der Waals surface area contributed by atoms with Crippen LogP contribution in [0.15, 0.2) is 48.4 Å². The first kappa shape index (κ1) is 13.6. The molecule has 1 fully saturated rings. The highest BCUT2D eigenvalue weighted by Crippen LogP contribution is 2.48. The van der Waals surface area contributed by atoms with Crippen molar-refractivity contribution in [3.63, 3.8) is 0 Å². The van der Waals surface area contributed by atoms with E-state index in [1.54, 1.807) is 5.57 Å². The molecule has 1 unspecified atom stereocenters. The second-order valence-electron chi connectivity index (χ2n) is 7.30. The number of fused-ring (bicyclic) bond motifs is 6. The summed E-state index contributed by atoms with van der Waals surface area (Å²) in [5.74, 6) is 0.602. The zero-order chi connectivity index (χ0) is 15.4. The van der Waals surface area contributed by atoms with Crippen molar-refractivity contribution in [2.24, 2.45) is 11.8 Å². The quantitative estimate of drug-likeness (QED) is 0.810. The van der Waals surface area contributed by atoms with Gasteiger partial charge in [0.15, 0.2) is 0 Å². The number of hydrogen-bond donors (Lipinski definition) is 1. The molecule has 0 amide bonds. The maximum Gasteiger partial charge on any atom is 0.0957 e. The molecule has 0 radical (unpaired) electrons. The fraction of sp³-hybridized carbons (Fsp3) is 0.450. The number of hydrogen-bond acceptors (Lipinski definition) is 2. The van der Waals surface area contributed by atoms with Crippen LogP contribution < -0.4 is 0 Å². The summed E-state index contributed by atoms with van der Waals surface area (Å²) in [6.45, 7) is 0. The van der Waals surface area contributed by atoms with Crippen molar-refractivity contribution in [3.05, 3.63) is 54.0 Å². The van der Waals surface area contributed by atoms with E-state index in [0.717, 1.165) is 6.42 Å². The van der Waals surface area contributed by atoms with Gasteiger partial charge in [-0.3, -0.25) is 0 Å². The third kappa shape index (κ3) is 1.96. The van der Waals surface area contributed by atoms with Crippen molar-refractivity contribution in [2.45, 2.75) is 44.2 Å². The molecule has 3 heteroatoms. The molecule has 2 bridgehead atoms. The fourth-order valence-electron chi connectivity index (χ4n) is 4.97. The van der Waals surface area contributed by atoms with E-state index in [0.29, 0.717) is 5.92 Å². The van der Waals surface area contributed by atoms with Gasteiger partial charge in [0, 0.05) is 11.5 Å². The maximum absolute atomic E-state index is 11.1. The van der Waals surface area contributed by atoms with Crippen molar-refractivity contribution in [3.8, 4) is 11.3 Å². The Hall–Kier alpha value is -1.87. The molecule has 4 atom stereocenters. The van der Waals surface area contributed by atoms with Crippen molar-refractivity contribution in [1.29, 1.82) is 0 Å². The normalized spacial score (nSPS) is 32.0. The van der Waals surface area contributed by atoms with Crippen LogP contribution in [0.5, 0.6) is 0 Å². The lowest BCUT2D eigenvalue weighted by Crippen LogP contribution is -2.33. The van der Waals surface area contributed by atoms with Gasteiger partial charge < -0.3 is 9.67 Å². The standard InChI is InChI=1S/C20H22N2O/c23-20-14-5-3-4-13(8-9-14)10-17(20)19-16-7-2-1-6-15(16)18-11-21-12-22(18)19/h1-2,6-7,10-12,14,17,19-20,23H,3-5,8-9H2/t14?,17-,19-,20+/m0/s1. The second-order valence-corrected chi connectivity index (χ2v) is 7.30. The smallest absolute Gasteiger partial charge is 0.0957 e. The molecule has 2 aliphatic carbocycles. The summed E-state index contributed by atoms with van der Waals surface area (Å²) in [6, 6.07) is 8.80. The first-order chi connectivity index (χ1) is 11.3. The summed E-state index contributed by atoms with van der Waals surface area (Å²) < 4.78 is 2.27. The Morgan fingerprint density at radius 2 is 2.04 bits per heavy atom. The number of aliphatic hydroxyl groups is 1. The van der Waals surface area contributed by atoms with Crippen LogP contribution in [0.4, 0.5) is 0 Å². The van der Waals surface area contributed by atoms with Gasteiger partial charge in [0.05, 0.1) is 30.4 Å². The van der Waals surface area contributed by atoms with E-state index in [1.807, 2.05) is 12.5 Å². The van der Waals surface area contributed by atoms with Crippen LogP contribution in [0.3, 0.4) is 0 Å². The van der Waals surface area contributed by atoms with Gasteiger partial charge in [0.2, 0.25) is 0 Å². The first-order valence-electron chi connectivity index (χ1n) is 8.81. The first-order valence-corrected chi connectivity index (χ1v) is 8.81. The van der Waals surface area contributed by atoms with Gasteiger partial charge in [0.1, 0.15) is 0 Å². The number of aliphatic hydroxyl groups excluding tert-OH is 1. The Balaban J connectivity index is 1.67. The monoisotopic (exact) mass is 306 g/mol. The lowest BCUT2D eigenvalue weighted by atomic mass is 9.80. The molecule has 1 aromatic carbocycles. The highest BCUT2D eigenvalue weighted by molar-refractivity contribution is 5.69. The highest BCUT2D eigenvalue weighted by Gasteiger charge is 2.41. The summed E-state index contributed by atoms with van der Waals surface area (Å²) in [4.78, 5) is 4.37. The van der Waals surface area contributed by atoms with E-state index < -0.39 is 0 Å². The fourth-order valence-corrected chi connectivity index (χ4v) is 4.97. The van der Waals surface area contributed by atoms with Crippen LogP contribution in [0.25, 0.3) is 11.3 Å². The van der Waals surface area contributed by atoms with Gasteiger partial charge in [-0.25, -0.2) is 4.98 Å². The lowest BCUT2D eigenvalue weighted by Gasteiger charge is -2.32. The van der Waals surface area contributed by atoms with Gasteiger partial charge in [0.25, 0.3) is 0 Å². The summed E-state index contributed by atoms with van der Waals surface area (Å²) in [6.07, 6.45) is 12.0. The highest BCUT2D eigenvalue weighted by atomic mass is 16.3. The topological polar surface area (TPSA) is 38.1 Å². The molecule has 5 rings (SSSR count). The molecule has 1 aromatic heterocycles. The minimum absolute atomic E-state index is 0.161. The van der Waals surface area contributed by atoms with E-state index in [2.05, 4.69) is 39.9 Å². The summed E-state index contributed by atoms with van der Waals surface area (Å²) >= 11 is 0. The summed E-state index contributed by atoms with van der Waals surface area (Å²) in [5.41, 5.74) is 5.35. The van der Waals surface area contributed by atoms with Crippen LogP contribution in [-0.2, 0) is 0 Å². The molecule has 2 heterocycles. The Labute approximate surface area is 136 Å². The van der Waals surface area contributed by atoms with Crippen LogP contribution in [0, 0.1) is 11.8 Å². The number of aromatic nitrogens is 2. The van der Waals surface area contributed by atoms with Crippen LogP contribution in [0.1, 0.15) is 43.7 Å². The van der Waals surface area contributed by atoms with Gasteiger partial charge in [-0.2, -0.15) is 0 Å². The van der Waals surface area contributed by atoms with Gasteiger partial charge >= 0.3 is 0 Å². The zero-order valence-corrected chi connectivity index (χ0v) is 13.2. The number of benzene rings is 1. The molecule has 1 N–H and O–H groups in total. The Kier molecular flexibility index (Phi) is 2.99. The molecule has 1 aliphatic heterocycles. The van der Waals surface area contributed by atoms with Gasteiger partial charge in [-0.05, 0) is 43.6 Å². The Morgan fingerprint density at radius 1 is 1.13 bits per heavy atom. The minimum Gasteiger partial charge on any atom is -0.392 e. The molecule has 0 saturated heterocycles. The number of imidazole rings is 1. The van der Waals surface area contributed by atoms with E-state index >= 15 is 0 Å². The molecule has 3 aliphatic rings. The number of rotatable bonds is 1. The van der Waals surface area contributed by atoms with Crippen molar-refractivity contribution in [1.82, 2.24) is 9.55 Å². The predicted molar refractivity (Wildman–Crippen MR) is 90.0 cm³/mol. The van der Waals surface area contributed by atoms with E-state index in [9.17, 15) is 5.11 Å². The van der Waals surface area contributed by atoms with E-state index in [1.165, 1.54) is 42.5 Å². The molecule has 0 spiro atoms. The summed E-state index contributed by atoms with van der Waals surface area (Å²) in [5, 5.41) is 11.1. The molecule has 118 valence electrons. The van der Waals surface area contributed by atoms with Gasteiger partial charge in [-0.15, -0.1) is 0 Å². The maximum atomic E-state index is 11.1. The second kappa shape index (κ2) is 5.07. The predicted octanol–water partition coefficient (Wildman–Crippen LogP) is 3.95. The van der Waals surface area contributed by atoms with Crippen LogP contribution >= 0.6 is 0 Å². The third-order valence-electron chi connectivity index (χ3n) is 6.10. The minimum atomic E-state index is -0.251. The van der Waals surface area contributed by atoms with E-state index in [-0.39, 0.29) is 18.1 Å². The molecule has 1 saturated carbocycles. The SMILES string of the molecule is O[C@@H]1C2CCCC(=C[C@H]1[C@@H]1c3ccccc3-c3cncn31)CC2. The largest absolute Gasteiger partial charge is 0.392 e. The van der Waals surface area contributed by atoms with Crippen LogP contribution in [-0.4, -0.2) is 20.8 Å². The average molecular weight is 306 g/mol. The Bertz CT molecular complexity index is 775. The molecule has 23 heavy (non-hydrogen) atoms.